The van der Waals surface area contributed by atoms with Crippen LogP contribution in [0.5, 0.6) is 0 Å². The van der Waals surface area contributed by atoms with E-state index in [2.05, 4.69) is 49.9 Å². The van der Waals surface area contributed by atoms with Crippen LogP contribution in [-0.2, 0) is 11.2 Å². The van der Waals surface area contributed by atoms with Gasteiger partial charge in [0.05, 0.1) is 12.7 Å². The van der Waals surface area contributed by atoms with E-state index in [0.29, 0.717) is 12.0 Å². The van der Waals surface area contributed by atoms with Crippen LogP contribution < -0.4 is 4.90 Å². The molecule has 0 unspecified atom stereocenters. The van der Waals surface area contributed by atoms with Crippen LogP contribution in [0.15, 0.2) is 24.3 Å². The maximum absolute atomic E-state index is 5.79. The zero-order chi connectivity index (χ0) is 12.3. The Hall–Kier alpha value is -1.02. The molecule has 1 atom stereocenters. The van der Waals surface area contributed by atoms with E-state index in [1.807, 2.05) is 0 Å². The van der Waals surface area contributed by atoms with Crippen LogP contribution in [0.25, 0.3) is 0 Å². The monoisotopic (exact) mass is 233 g/mol. The van der Waals surface area contributed by atoms with Crippen LogP contribution in [0.1, 0.15) is 26.3 Å². The van der Waals surface area contributed by atoms with Crippen molar-refractivity contribution in [3.63, 3.8) is 0 Å². The summed E-state index contributed by atoms with van der Waals surface area (Å²) >= 11 is 0. The highest BCUT2D eigenvalue weighted by atomic mass is 16.5. The number of nitrogens with zero attached hydrogens (tertiary/aromatic N) is 1. The van der Waals surface area contributed by atoms with Gasteiger partial charge in [0.15, 0.2) is 0 Å². The molecule has 1 saturated heterocycles. The molecule has 2 heteroatoms. The fourth-order valence-corrected chi connectivity index (χ4v) is 2.26. The van der Waals surface area contributed by atoms with Gasteiger partial charge in [0.1, 0.15) is 0 Å². The van der Waals surface area contributed by atoms with Gasteiger partial charge >= 0.3 is 0 Å². The van der Waals surface area contributed by atoms with Crippen molar-refractivity contribution in [2.75, 3.05) is 24.6 Å². The minimum Gasteiger partial charge on any atom is -0.374 e. The van der Waals surface area contributed by atoms with Crippen LogP contribution >= 0.6 is 0 Å². The predicted octanol–water partition coefficient (Wildman–Crippen LogP) is 3.11. The predicted molar refractivity (Wildman–Crippen MR) is 72.6 cm³/mol. The Bertz CT molecular complexity index is 344. The topological polar surface area (TPSA) is 12.5 Å². The molecule has 17 heavy (non-hydrogen) atoms. The molecule has 0 amide bonds. The first-order valence-electron chi connectivity index (χ1n) is 6.66. The normalized spacial score (nSPS) is 20.9. The smallest absolute Gasteiger partial charge is 0.0773 e. The minimum atomic E-state index is 0.370. The van der Waals surface area contributed by atoms with Gasteiger partial charge in [-0.1, -0.05) is 32.9 Å². The average molecular weight is 233 g/mol. The van der Waals surface area contributed by atoms with E-state index in [1.54, 1.807) is 0 Å². The van der Waals surface area contributed by atoms with Gasteiger partial charge in [0, 0.05) is 18.8 Å². The highest BCUT2D eigenvalue weighted by Crippen LogP contribution is 2.21. The molecule has 0 saturated carbocycles. The van der Waals surface area contributed by atoms with Gasteiger partial charge in [-0.25, -0.2) is 0 Å². The lowest BCUT2D eigenvalue weighted by molar-refractivity contribution is 0.0114. The molecule has 1 aliphatic heterocycles. The third-order valence-electron chi connectivity index (χ3n) is 3.55. The molecule has 94 valence electrons. The second-order valence-electron chi connectivity index (χ2n) is 5.12. The summed E-state index contributed by atoms with van der Waals surface area (Å²) in [7, 11) is 0. The first kappa shape index (κ1) is 12.4. The highest BCUT2D eigenvalue weighted by molar-refractivity contribution is 5.48. The summed E-state index contributed by atoms with van der Waals surface area (Å²) in [4.78, 5) is 2.44. The van der Waals surface area contributed by atoms with Gasteiger partial charge in [-0.05, 0) is 30.0 Å². The zero-order valence-electron chi connectivity index (χ0n) is 11.1. The molecule has 0 bridgehead atoms. The molecule has 0 radical (unpaired) electrons. The fourth-order valence-electron chi connectivity index (χ4n) is 2.26. The summed E-state index contributed by atoms with van der Waals surface area (Å²) < 4.78 is 5.79. The van der Waals surface area contributed by atoms with E-state index >= 15 is 0 Å². The Morgan fingerprint density at radius 3 is 2.59 bits per heavy atom. The van der Waals surface area contributed by atoms with Crippen molar-refractivity contribution in [1.29, 1.82) is 0 Å². The van der Waals surface area contributed by atoms with Gasteiger partial charge in [-0.15, -0.1) is 0 Å². The summed E-state index contributed by atoms with van der Waals surface area (Å²) in [5, 5.41) is 0. The Kier molecular flexibility index (Phi) is 4.06. The molecule has 1 fully saturated rings. The van der Waals surface area contributed by atoms with Gasteiger partial charge in [0.25, 0.3) is 0 Å². The Morgan fingerprint density at radius 2 is 2.00 bits per heavy atom. The van der Waals surface area contributed by atoms with Crippen molar-refractivity contribution in [1.82, 2.24) is 0 Å². The van der Waals surface area contributed by atoms with E-state index in [9.17, 15) is 0 Å². The first-order chi connectivity index (χ1) is 8.20. The van der Waals surface area contributed by atoms with Crippen LogP contribution in [-0.4, -0.2) is 25.8 Å². The molecule has 0 aliphatic carbocycles. The van der Waals surface area contributed by atoms with Crippen LogP contribution in [0.4, 0.5) is 5.69 Å². The SMILES string of the molecule is CCc1ccc(N2CCO[C@H](C(C)C)C2)cc1. The van der Waals surface area contributed by atoms with Crippen molar-refractivity contribution in [3.05, 3.63) is 29.8 Å². The molecule has 0 aromatic heterocycles. The van der Waals surface area contributed by atoms with Crippen molar-refractivity contribution in [2.24, 2.45) is 5.92 Å². The second kappa shape index (κ2) is 5.54. The van der Waals surface area contributed by atoms with Gasteiger partial charge in [-0.3, -0.25) is 0 Å². The Morgan fingerprint density at radius 1 is 1.29 bits per heavy atom. The fraction of sp³-hybridized carbons (Fsp3) is 0.600. The van der Waals surface area contributed by atoms with Crippen molar-refractivity contribution in [2.45, 2.75) is 33.3 Å². The third kappa shape index (κ3) is 3.01. The van der Waals surface area contributed by atoms with Crippen molar-refractivity contribution < 1.29 is 4.74 Å². The molecule has 2 nitrogen and oxygen atoms in total. The minimum absolute atomic E-state index is 0.370. The molecule has 0 N–H and O–H groups in total. The number of ether oxygens (including phenoxy) is 1. The maximum atomic E-state index is 5.79. The summed E-state index contributed by atoms with van der Waals surface area (Å²) in [6, 6.07) is 8.94. The lowest BCUT2D eigenvalue weighted by Gasteiger charge is -2.36. The van der Waals surface area contributed by atoms with Crippen LogP contribution in [0.3, 0.4) is 0 Å². The number of hydrogen-bond acceptors (Lipinski definition) is 2. The summed E-state index contributed by atoms with van der Waals surface area (Å²) in [6.07, 6.45) is 1.48. The number of benzene rings is 1. The zero-order valence-corrected chi connectivity index (χ0v) is 11.1. The van der Waals surface area contributed by atoms with Gasteiger partial charge in [-0.2, -0.15) is 0 Å². The number of morpholine rings is 1. The maximum Gasteiger partial charge on any atom is 0.0773 e. The van der Waals surface area contributed by atoms with Gasteiger partial charge in [0.2, 0.25) is 0 Å². The van der Waals surface area contributed by atoms with E-state index < -0.39 is 0 Å². The van der Waals surface area contributed by atoms with E-state index in [-0.39, 0.29) is 0 Å². The molecule has 1 aliphatic rings. The Balaban J connectivity index is 2.05. The highest BCUT2D eigenvalue weighted by Gasteiger charge is 2.22. The number of hydrogen-bond donors (Lipinski definition) is 0. The first-order valence-corrected chi connectivity index (χ1v) is 6.66. The summed E-state index contributed by atoms with van der Waals surface area (Å²) in [6.45, 7) is 9.53. The number of rotatable bonds is 3. The van der Waals surface area contributed by atoms with E-state index in [4.69, 9.17) is 4.74 Å². The van der Waals surface area contributed by atoms with Crippen LogP contribution in [0, 0.1) is 5.92 Å². The number of anilines is 1. The Labute approximate surface area is 105 Å². The van der Waals surface area contributed by atoms with E-state index in [0.717, 1.165) is 26.1 Å². The molecule has 1 aromatic carbocycles. The summed E-state index contributed by atoms with van der Waals surface area (Å²) in [5.74, 6) is 0.590. The van der Waals surface area contributed by atoms with Crippen molar-refractivity contribution in [3.8, 4) is 0 Å². The molecule has 2 rings (SSSR count). The average Bonchev–Trinajstić information content (AvgIpc) is 2.39. The third-order valence-corrected chi connectivity index (χ3v) is 3.55. The molecule has 1 heterocycles. The molecular weight excluding hydrogens is 210 g/mol. The molecule has 1 aromatic rings. The molecule has 0 spiro atoms. The van der Waals surface area contributed by atoms with Crippen molar-refractivity contribution >= 4 is 5.69 Å². The summed E-state index contributed by atoms with van der Waals surface area (Å²) in [5.41, 5.74) is 2.73. The second-order valence-corrected chi connectivity index (χ2v) is 5.12. The van der Waals surface area contributed by atoms with Crippen LogP contribution in [0.2, 0.25) is 0 Å². The number of aryl methyl sites for hydroxylation is 1. The quantitative estimate of drug-likeness (QED) is 0.795. The lowest BCUT2D eigenvalue weighted by Crippen LogP contribution is -2.44. The lowest BCUT2D eigenvalue weighted by atomic mass is 10.0. The van der Waals surface area contributed by atoms with Gasteiger partial charge < -0.3 is 9.64 Å². The standard InChI is InChI=1S/C15H23NO/c1-4-13-5-7-14(8-6-13)16-9-10-17-15(11-16)12(2)3/h5-8,12,15H,4,9-11H2,1-3H3/t15-/m0/s1. The largest absolute Gasteiger partial charge is 0.374 e. The molecular formula is C15H23NO. The van der Waals surface area contributed by atoms with E-state index in [1.165, 1.54) is 11.3 Å².